The maximum Gasteiger partial charge on any atom is 0.418 e. The van der Waals surface area contributed by atoms with Gasteiger partial charge in [0.05, 0.1) is 22.7 Å². The fourth-order valence-corrected chi connectivity index (χ4v) is 7.98. The number of Topliss-reactive ketones (excluding diaryl/α,β-unsaturated/α-hetero) is 1. The number of pyridine rings is 1. The quantitative estimate of drug-likeness (QED) is 0.0418. The van der Waals surface area contributed by atoms with Gasteiger partial charge in [-0.2, -0.15) is 18.2 Å². The molecule has 0 unspecified atom stereocenters. The van der Waals surface area contributed by atoms with Crippen molar-refractivity contribution in [2.45, 2.75) is 58.0 Å². The second-order valence-corrected chi connectivity index (χ2v) is 16.9. The molecule has 2 aromatic heterocycles. The van der Waals surface area contributed by atoms with Gasteiger partial charge in [0.15, 0.2) is 29.5 Å². The summed E-state index contributed by atoms with van der Waals surface area (Å²) in [5, 5.41) is 7.04. The van der Waals surface area contributed by atoms with Crippen molar-refractivity contribution in [1.29, 1.82) is 0 Å². The summed E-state index contributed by atoms with van der Waals surface area (Å²) in [6.07, 6.45) is -1.30. The van der Waals surface area contributed by atoms with E-state index in [4.69, 9.17) is 14.4 Å². The smallest absolute Gasteiger partial charge is 0.418 e. The lowest BCUT2D eigenvalue weighted by Crippen LogP contribution is -2.68. The molecule has 0 aliphatic carbocycles. The highest BCUT2D eigenvalue weighted by Crippen LogP contribution is 2.41. The Morgan fingerprint density at radius 3 is 1.82 bits per heavy atom. The molecule has 2 atom stereocenters. The van der Waals surface area contributed by atoms with Crippen molar-refractivity contribution in [2.24, 2.45) is 11.1 Å². The van der Waals surface area contributed by atoms with Crippen LogP contribution in [0, 0.1) is 12.8 Å². The van der Waals surface area contributed by atoms with Crippen LogP contribution < -0.4 is 15.0 Å². The van der Waals surface area contributed by atoms with E-state index in [9.17, 15) is 27.4 Å². The molecule has 1 aliphatic rings. The van der Waals surface area contributed by atoms with Gasteiger partial charge >= 0.3 is 10.4 Å². The zero-order valence-electron chi connectivity index (χ0n) is 33.5. The number of β-lactam (4-membered cyclic amide) rings is 1. The number of hydroxylamine groups is 2. The third-order valence-corrected chi connectivity index (χ3v) is 11.3. The number of carbonyl (C=O) groups excluding carboxylic acids is 2. The van der Waals surface area contributed by atoms with Crippen LogP contribution in [0.5, 0.6) is 5.75 Å². The molecule has 0 spiro atoms. The van der Waals surface area contributed by atoms with Gasteiger partial charge < -0.3 is 14.4 Å². The minimum Gasteiger partial charge on any atom is -0.475 e. The lowest BCUT2D eigenvalue weighted by Gasteiger charge is -2.50. The predicted molar refractivity (Wildman–Crippen MR) is 227 cm³/mol. The molecule has 1 saturated heterocycles. The number of ether oxygens (including phenoxy) is 1. The molecule has 4 aromatic carbocycles. The third kappa shape index (κ3) is 9.79. The fraction of sp³-hybridized carbons (Fsp3) is 0.222. The minimum absolute atomic E-state index is 0.00866. The topological polar surface area (TPSA) is 176 Å². The fourth-order valence-electron chi connectivity index (χ4n) is 6.93. The Labute approximate surface area is 356 Å². The van der Waals surface area contributed by atoms with Crippen molar-refractivity contribution in [3.63, 3.8) is 0 Å². The molecule has 1 fully saturated rings. The molecule has 1 amide bonds. The number of amides is 1. The maximum absolute atomic E-state index is 14.1. The van der Waals surface area contributed by atoms with Crippen LogP contribution in [0.2, 0.25) is 0 Å². The molecule has 1 aliphatic heterocycles. The second kappa shape index (κ2) is 18.0. The van der Waals surface area contributed by atoms with Crippen molar-refractivity contribution < 1.29 is 41.3 Å². The van der Waals surface area contributed by atoms with Crippen LogP contribution in [-0.4, -0.2) is 50.7 Å². The molecule has 0 radical (unpaired) electrons. The number of ketones is 1. The summed E-state index contributed by atoms with van der Waals surface area (Å²) in [4.78, 5) is 58.3. The first-order valence-corrected chi connectivity index (χ1v) is 21.4. The molecule has 6 aromatic rings. The molecule has 0 bridgehead atoms. The van der Waals surface area contributed by atoms with Gasteiger partial charge in [-0.25, -0.2) is 4.98 Å². The summed E-state index contributed by atoms with van der Waals surface area (Å²) in [5.74, 6) is -2.49. The number of nitrogens with zero attached hydrogens (tertiary/aromatic N) is 4. The Kier molecular flexibility index (Phi) is 12.6. The summed E-state index contributed by atoms with van der Waals surface area (Å²) in [6, 6.07) is 39.5. The van der Waals surface area contributed by atoms with E-state index in [0.717, 1.165) is 22.3 Å². The van der Waals surface area contributed by atoms with Gasteiger partial charge in [0.2, 0.25) is 5.43 Å². The Bertz CT molecular complexity index is 2610. The molecule has 314 valence electrons. The minimum atomic E-state index is -5.00. The standard InChI is InChI=1S/C45H42N4O10S2/c1-29(57-47-41(36-28-60-30(2)46-36)39(51)25-35-44(52)49(45(35,3)4)59-61(53,54)55)37-26-38(50)40(56-42(31-17-9-5-10-18-31)32-19-11-6-12-20-32)27-48(37)58-43(33-21-13-7-14-22-33)34-23-15-8-16-24-34/h5-24,26-29,35,42-43H,25H2,1-4H3,(H,53,54,55)/b47-41-/t29-,35-/m1/s1. The number of thiazole rings is 1. The van der Waals surface area contributed by atoms with E-state index in [0.29, 0.717) is 10.1 Å². The van der Waals surface area contributed by atoms with Gasteiger partial charge in [0.25, 0.3) is 5.91 Å². The van der Waals surface area contributed by atoms with Crippen molar-refractivity contribution in [3.05, 3.63) is 188 Å². The van der Waals surface area contributed by atoms with Crippen molar-refractivity contribution in [3.8, 4) is 5.75 Å². The van der Waals surface area contributed by atoms with Crippen LogP contribution in [0.15, 0.2) is 149 Å². The highest BCUT2D eigenvalue weighted by molar-refractivity contribution is 7.80. The number of oxime groups is 1. The summed E-state index contributed by atoms with van der Waals surface area (Å²) >= 11 is 1.27. The first kappa shape index (κ1) is 42.7. The van der Waals surface area contributed by atoms with E-state index in [1.54, 1.807) is 19.2 Å². The maximum atomic E-state index is 14.1. The van der Waals surface area contributed by atoms with E-state index in [1.165, 1.54) is 42.2 Å². The average Bonchev–Trinajstić information content (AvgIpc) is 3.69. The van der Waals surface area contributed by atoms with Crippen LogP contribution >= 0.6 is 11.3 Å². The van der Waals surface area contributed by atoms with Gasteiger partial charge in [0.1, 0.15) is 17.5 Å². The third-order valence-electron chi connectivity index (χ3n) is 10.2. The van der Waals surface area contributed by atoms with Gasteiger partial charge in [-0.15, -0.1) is 15.6 Å². The normalized spacial score (nSPS) is 15.7. The predicted octanol–water partition coefficient (Wildman–Crippen LogP) is 7.41. The number of rotatable bonds is 17. The Morgan fingerprint density at radius 1 is 0.852 bits per heavy atom. The zero-order chi connectivity index (χ0) is 43.3. The Balaban J connectivity index is 1.26. The monoisotopic (exact) mass is 862 g/mol. The second-order valence-electron chi connectivity index (χ2n) is 14.8. The largest absolute Gasteiger partial charge is 0.475 e. The summed E-state index contributed by atoms with van der Waals surface area (Å²) in [6.45, 7) is 6.37. The highest BCUT2D eigenvalue weighted by atomic mass is 32.3. The molecule has 16 heteroatoms. The molecule has 61 heavy (non-hydrogen) atoms. The zero-order valence-corrected chi connectivity index (χ0v) is 35.2. The van der Waals surface area contributed by atoms with Crippen LogP contribution in [0.25, 0.3) is 0 Å². The highest BCUT2D eigenvalue weighted by Gasteiger charge is 2.57. The number of carbonyl (C=O) groups is 2. The Hall–Kier alpha value is -6.46. The Morgan fingerprint density at radius 2 is 1.36 bits per heavy atom. The SMILES string of the molecule is Cc1nc(/C(=N/O[C@H](C)c2cc(=O)c(OC(c3ccccc3)c3ccccc3)cn2OC(c2ccccc2)c2ccccc2)C(=O)C[C@@H]2C(=O)N(OS(=O)(=O)O)C2(C)C)cs1. The molecule has 7 rings (SSSR count). The molecular weight excluding hydrogens is 821 g/mol. The average molecular weight is 863 g/mol. The molecule has 3 heterocycles. The number of benzene rings is 4. The lowest BCUT2D eigenvalue weighted by atomic mass is 9.74. The number of aryl methyl sites for hydroxylation is 1. The number of aromatic nitrogens is 2. The van der Waals surface area contributed by atoms with Crippen molar-refractivity contribution >= 4 is 39.1 Å². The number of hydrogen-bond donors (Lipinski definition) is 1. The number of hydrogen-bond acceptors (Lipinski definition) is 12. The summed E-state index contributed by atoms with van der Waals surface area (Å²) in [7, 11) is -5.00. The van der Waals surface area contributed by atoms with E-state index < -0.39 is 63.7 Å². The van der Waals surface area contributed by atoms with E-state index in [2.05, 4.69) is 14.4 Å². The lowest BCUT2D eigenvalue weighted by molar-refractivity contribution is -0.228. The molecule has 14 nitrogen and oxygen atoms in total. The van der Waals surface area contributed by atoms with Gasteiger partial charge in [-0.05, 0) is 49.9 Å². The molecular formula is C45H42N4O10S2. The van der Waals surface area contributed by atoms with Crippen LogP contribution in [-0.2, 0) is 29.1 Å². The molecule has 1 N–H and O–H groups in total. The summed E-state index contributed by atoms with van der Waals surface area (Å²) in [5.41, 5.74) is 1.73. The van der Waals surface area contributed by atoms with Crippen LogP contribution in [0.1, 0.15) is 84.2 Å². The van der Waals surface area contributed by atoms with Gasteiger partial charge in [-0.1, -0.05) is 126 Å². The van der Waals surface area contributed by atoms with E-state index in [-0.39, 0.29) is 22.8 Å². The first-order chi connectivity index (χ1) is 29.2. The summed E-state index contributed by atoms with van der Waals surface area (Å²) < 4.78 is 44.4. The van der Waals surface area contributed by atoms with E-state index >= 15 is 0 Å². The van der Waals surface area contributed by atoms with Crippen molar-refractivity contribution in [2.75, 3.05) is 0 Å². The first-order valence-electron chi connectivity index (χ1n) is 19.2. The van der Waals surface area contributed by atoms with Gasteiger partial charge in [0, 0.05) is 17.9 Å². The molecule has 0 saturated carbocycles. The van der Waals surface area contributed by atoms with Crippen molar-refractivity contribution in [1.82, 2.24) is 14.8 Å². The van der Waals surface area contributed by atoms with Crippen LogP contribution in [0.4, 0.5) is 0 Å². The van der Waals surface area contributed by atoms with E-state index in [1.807, 2.05) is 121 Å². The van der Waals surface area contributed by atoms with Gasteiger partial charge in [-0.3, -0.25) is 18.9 Å². The van der Waals surface area contributed by atoms with Crippen LogP contribution in [0.3, 0.4) is 0 Å².